The van der Waals surface area contributed by atoms with Crippen molar-refractivity contribution in [3.05, 3.63) is 11.7 Å². The Bertz CT molecular complexity index is 325. The molecular weight excluding hydrogens is 218 g/mol. The predicted octanol–water partition coefficient (Wildman–Crippen LogP) is 2.60. The van der Waals surface area contributed by atoms with Crippen molar-refractivity contribution >= 4 is 0 Å². The third-order valence-corrected chi connectivity index (χ3v) is 2.58. The standard InChI is InChI=1S/C12H23N3O2/c1-5-7-9(13)12-14-11(15-17-12)10(8(3)4)16-6-2/h8-10H,5-7,13H2,1-4H3/t9-,10?/m0/s1. The van der Waals surface area contributed by atoms with Crippen molar-refractivity contribution in [1.29, 1.82) is 0 Å². The van der Waals surface area contributed by atoms with Crippen LogP contribution < -0.4 is 5.73 Å². The Hall–Kier alpha value is -0.940. The second-order valence-electron chi connectivity index (χ2n) is 4.51. The number of hydrogen-bond acceptors (Lipinski definition) is 5. The first-order valence-corrected chi connectivity index (χ1v) is 6.30. The largest absolute Gasteiger partial charge is 0.370 e. The zero-order valence-electron chi connectivity index (χ0n) is 11.1. The van der Waals surface area contributed by atoms with Crippen molar-refractivity contribution in [3.63, 3.8) is 0 Å². The van der Waals surface area contributed by atoms with Crippen LogP contribution in [0.5, 0.6) is 0 Å². The number of nitrogens with zero attached hydrogens (tertiary/aromatic N) is 2. The molecule has 0 radical (unpaired) electrons. The first-order chi connectivity index (χ1) is 8.10. The van der Waals surface area contributed by atoms with Gasteiger partial charge in [0.15, 0.2) is 0 Å². The first kappa shape index (κ1) is 14.1. The molecule has 0 amide bonds. The summed E-state index contributed by atoms with van der Waals surface area (Å²) in [6.45, 7) is 8.81. The van der Waals surface area contributed by atoms with E-state index in [0.29, 0.717) is 24.2 Å². The lowest BCUT2D eigenvalue weighted by Crippen LogP contribution is -2.14. The van der Waals surface area contributed by atoms with Gasteiger partial charge in [-0.15, -0.1) is 0 Å². The van der Waals surface area contributed by atoms with E-state index in [4.69, 9.17) is 15.0 Å². The van der Waals surface area contributed by atoms with E-state index in [0.717, 1.165) is 12.8 Å². The van der Waals surface area contributed by atoms with Crippen molar-refractivity contribution < 1.29 is 9.26 Å². The summed E-state index contributed by atoms with van der Waals surface area (Å²) in [5.41, 5.74) is 5.93. The highest BCUT2D eigenvalue weighted by Crippen LogP contribution is 2.24. The van der Waals surface area contributed by atoms with E-state index in [9.17, 15) is 0 Å². The maximum absolute atomic E-state index is 5.93. The lowest BCUT2D eigenvalue weighted by molar-refractivity contribution is 0.0217. The van der Waals surface area contributed by atoms with E-state index >= 15 is 0 Å². The zero-order valence-corrected chi connectivity index (χ0v) is 11.1. The van der Waals surface area contributed by atoms with Crippen LogP contribution in [0, 0.1) is 5.92 Å². The second kappa shape index (κ2) is 6.71. The molecule has 0 fully saturated rings. The van der Waals surface area contributed by atoms with Gasteiger partial charge in [-0.1, -0.05) is 32.3 Å². The third kappa shape index (κ3) is 3.78. The fourth-order valence-corrected chi connectivity index (χ4v) is 1.69. The van der Waals surface area contributed by atoms with Gasteiger partial charge in [0.1, 0.15) is 6.10 Å². The van der Waals surface area contributed by atoms with Crippen LogP contribution in [0.15, 0.2) is 4.52 Å². The Morgan fingerprint density at radius 2 is 2.06 bits per heavy atom. The van der Waals surface area contributed by atoms with Gasteiger partial charge in [0.25, 0.3) is 0 Å². The van der Waals surface area contributed by atoms with Gasteiger partial charge < -0.3 is 15.0 Å². The average Bonchev–Trinajstić information content (AvgIpc) is 2.74. The summed E-state index contributed by atoms with van der Waals surface area (Å²) in [5, 5.41) is 3.97. The maximum atomic E-state index is 5.93. The number of rotatable bonds is 7. The van der Waals surface area contributed by atoms with Crippen LogP contribution >= 0.6 is 0 Å². The topological polar surface area (TPSA) is 74.2 Å². The van der Waals surface area contributed by atoms with E-state index in [2.05, 4.69) is 30.9 Å². The molecule has 0 saturated carbocycles. The van der Waals surface area contributed by atoms with Crippen LogP contribution in [0.3, 0.4) is 0 Å². The van der Waals surface area contributed by atoms with E-state index in [1.807, 2.05) is 6.92 Å². The summed E-state index contributed by atoms with van der Waals surface area (Å²) in [4.78, 5) is 4.34. The average molecular weight is 241 g/mol. The Morgan fingerprint density at radius 1 is 1.35 bits per heavy atom. The Morgan fingerprint density at radius 3 is 2.59 bits per heavy atom. The fourth-order valence-electron chi connectivity index (χ4n) is 1.69. The van der Waals surface area contributed by atoms with Crippen LogP contribution in [0.2, 0.25) is 0 Å². The number of aromatic nitrogens is 2. The summed E-state index contributed by atoms with van der Waals surface area (Å²) in [7, 11) is 0. The minimum atomic E-state index is -0.171. The highest BCUT2D eigenvalue weighted by molar-refractivity contribution is 4.96. The number of nitrogens with two attached hydrogens (primary N) is 1. The van der Waals surface area contributed by atoms with Gasteiger partial charge in [-0.05, 0) is 19.3 Å². The van der Waals surface area contributed by atoms with Gasteiger partial charge in [0.2, 0.25) is 11.7 Å². The third-order valence-electron chi connectivity index (χ3n) is 2.58. The van der Waals surface area contributed by atoms with Crippen LogP contribution in [-0.2, 0) is 4.74 Å². The normalized spacial score (nSPS) is 15.2. The molecule has 5 heteroatoms. The Balaban J connectivity index is 2.77. The maximum Gasteiger partial charge on any atom is 0.243 e. The monoisotopic (exact) mass is 241 g/mol. The van der Waals surface area contributed by atoms with Crippen molar-refractivity contribution in [3.8, 4) is 0 Å². The van der Waals surface area contributed by atoms with Crippen LogP contribution in [0.25, 0.3) is 0 Å². The molecule has 0 spiro atoms. The molecule has 0 aliphatic heterocycles. The van der Waals surface area contributed by atoms with E-state index in [-0.39, 0.29) is 12.1 Å². The van der Waals surface area contributed by atoms with Crippen molar-refractivity contribution in [2.45, 2.75) is 52.7 Å². The summed E-state index contributed by atoms with van der Waals surface area (Å²) < 4.78 is 10.8. The molecule has 1 aromatic rings. The molecule has 98 valence electrons. The van der Waals surface area contributed by atoms with Gasteiger partial charge >= 0.3 is 0 Å². The van der Waals surface area contributed by atoms with Gasteiger partial charge in [-0.3, -0.25) is 0 Å². The highest BCUT2D eigenvalue weighted by Gasteiger charge is 2.23. The summed E-state index contributed by atoms with van der Waals surface area (Å²) in [6.07, 6.45) is 1.73. The Labute approximate surface area is 103 Å². The van der Waals surface area contributed by atoms with Crippen LogP contribution in [0.1, 0.15) is 64.4 Å². The lowest BCUT2D eigenvalue weighted by Gasteiger charge is -2.16. The molecule has 1 unspecified atom stereocenters. The van der Waals surface area contributed by atoms with Gasteiger partial charge in [0, 0.05) is 6.61 Å². The quantitative estimate of drug-likeness (QED) is 0.794. The molecule has 0 aromatic carbocycles. The molecule has 1 rings (SSSR count). The second-order valence-corrected chi connectivity index (χ2v) is 4.51. The van der Waals surface area contributed by atoms with Crippen molar-refractivity contribution in [2.24, 2.45) is 11.7 Å². The van der Waals surface area contributed by atoms with Crippen molar-refractivity contribution in [1.82, 2.24) is 10.1 Å². The molecule has 0 saturated heterocycles. The molecule has 1 heterocycles. The molecular formula is C12H23N3O2. The zero-order chi connectivity index (χ0) is 12.8. The first-order valence-electron chi connectivity index (χ1n) is 6.30. The van der Waals surface area contributed by atoms with Crippen LogP contribution in [-0.4, -0.2) is 16.7 Å². The van der Waals surface area contributed by atoms with Gasteiger partial charge in [-0.2, -0.15) is 4.98 Å². The minimum Gasteiger partial charge on any atom is -0.370 e. The summed E-state index contributed by atoms with van der Waals surface area (Å²) in [5.74, 6) is 1.42. The highest BCUT2D eigenvalue weighted by atomic mass is 16.5. The molecule has 0 aliphatic rings. The molecule has 0 bridgehead atoms. The van der Waals surface area contributed by atoms with E-state index in [1.54, 1.807) is 0 Å². The fraction of sp³-hybridized carbons (Fsp3) is 0.833. The van der Waals surface area contributed by atoms with E-state index < -0.39 is 0 Å². The SMILES string of the molecule is CCC[C@H](N)c1nc(C(OCC)C(C)C)no1. The van der Waals surface area contributed by atoms with Crippen molar-refractivity contribution in [2.75, 3.05) is 6.61 Å². The molecule has 17 heavy (non-hydrogen) atoms. The molecule has 2 N–H and O–H groups in total. The number of ether oxygens (including phenoxy) is 1. The summed E-state index contributed by atoms with van der Waals surface area (Å²) >= 11 is 0. The smallest absolute Gasteiger partial charge is 0.243 e. The van der Waals surface area contributed by atoms with E-state index in [1.165, 1.54) is 0 Å². The van der Waals surface area contributed by atoms with Gasteiger partial charge in [-0.25, -0.2) is 0 Å². The molecule has 1 aromatic heterocycles. The molecule has 0 aliphatic carbocycles. The van der Waals surface area contributed by atoms with Crippen LogP contribution in [0.4, 0.5) is 0 Å². The Kier molecular flexibility index (Phi) is 5.58. The number of hydrogen-bond donors (Lipinski definition) is 1. The molecule has 2 atom stereocenters. The lowest BCUT2D eigenvalue weighted by atomic mass is 10.1. The summed E-state index contributed by atoms with van der Waals surface area (Å²) in [6, 6.07) is -0.171. The molecule has 5 nitrogen and oxygen atoms in total. The van der Waals surface area contributed by atoms with Gasteiger partial charge in [0.05, 0.1) is 6.04 Å². The predicted molar refractivity (Wildman–Crippen MR) is 65.3 cm³/mol. The minimum absolute atomic E-state index is 0.119.